The summed E-state index contributed by atoms with van der Waals surface area (Å²) < 4.78 is 34.6. The molecule has 206 valence electrons. The number of hydrogen-bond donors (Lipinski definition) is 2. The van der Waals surface area contributed by atoms with Crippen LogP contribution < -0.4 is 9.46 Å². The lowest BCUT2D eigenvalue weighted by Crippen LogP contribution is -2.42. The van der Waals surface area contributed by atoms with Crippen LogP contribution in [0.4, 0.5) is 0 Å². The molecule has 0 radical (unpaired) electrons. The normalized spacial score (nSPS) is 14.0. The number of aliphatic carboxylic acids is 1. The molecule has 1 aliphatic rings. The summed E-state index contributed by atoms with van der Waals surface area (Å²) >= 11 is 7.02. The maximum atomic E-state index is 12.9. The molecule has 2 amide bonds. The summed E-state index contributed by atoms with van der Waals surface area (Å²) in [6, 6.07) is 16.1. The second-order valence-corrected chi connectivity index (χ2v) is 12.3. The van der Waals surface area contributed by atoms with Crippen LogP contribution in [0.5, 0.6) is 5.75 Å². The summed E-state index contributed by atoms with van der Waals surface area (Å²) in [7, 11) is -4.13. The summed E-state index contributed by atoms with van der Waals surface area (Å²) in [6.07, 6.45) is 0.332. The Hall–Kier alpha value is -3.84. The molecule has 4 aromatic rings. The highest BCUT2D eigenvalue weighted by Crippen LogP contribution is 2.28. The van der Waals surface area contributed by atoms with E-state index in [4.69, 9.17) is 16.3 Å². The Balaban J connectivity index is 1.15. The van der Waals surface area contributed by atoms with E-state index in [9.17, 15) is 27.9 Å². The van der Waals surface area contributed by atoms with Crippen molar-refractivity contribution < 1.29 is 32.6 Å². The molecule has 10 nitrogen and oxygen atoms in total. The van der Waals surface area contributed by atoms with Gasteiger partial charge in [-0.2, -0.15) is 4.72 Å². The van der Waals surface area contributed by atoms with Crippen molar-refractivity contribution in [2.75, 3.05) is 13.2 Å². The van der Waals surface area contributed by atoms with Gasteiger partial charge in [0.25, 0.3) is 11.8 Å². The molecule has 0 saturated heterocycles. The zero-order chi connectivity index (χ0) is 28.4. The molecule has 5 rings (SSSR count). The van der Waals surface area contributed by atoms with Crippen LogP contribution in [0.15, 0.2) is 71.6 Å². The number of benzene rings is 3. The van der Waals surface area contributed by atoms with E-state index in [1.807, 2.05) is 0 Å². The third-order valence-electron chi connectivity index (χ3n) is 6.28. The standard InChI is InChI=1S/C27H22ClN3O7S2/c28-27-29-21-11-10-18(15-23(21)39-27)40(36,37)30-22(26(34)35)14-16-6-8-17(9-7-16)38-13-3-12-31-24(32)19-4-1-2-5-20(19)25(31)33/h1-2,4-11,15,22,30H,3,12-14H2,(H,34,35)/t22-/m1/s1. The van der Waals surface area contributed by atoms with Crippen molar-refractivity contribution in [3.05, 3.63) is 87.9 Å². The highest BCUT2D eigenvalue weighted by molar-refractivity contribution is 7.89. The molecule has 1 aliphatic heterocycles. The molecule has 0 bridgehead atoms. The van der Waals surface area contributed by atoms with E-state index in [-0.39, 0.29) is 40.7 Å². The van der Waals surface area contributed by atoms with Gasteiger partial charge in [0.05, 0.1) is 32.8 Å². The average molecular weight is 600 g/mol. The van der Waals surface area contributed by atoms with Crippen LogP contribution in [-0.4, -0.2) is 60.4 Å². The second kappa shape index (κ2) is 11.3. The SMILES string of the molecule is O=C(O)[C@@H](Cc1ccc(OCCCN2C(=O)c3ccccc3C2=O)cc1)NS(=O)(=O)c1ccc2nc(Cl)sc2c1. The highest BCUT2D eigenvalue weighted by Gasteiger charge is 2.34. The molecule has 1 atom stereocenters. The van der Waals surface area contributed by atoms with Gasteiger partial charge in [0.15, 0.2) is 4.47 Å². The van der Waals surface area contributed by atoms with Crippen molar-refractivity contribution in [2.45, 2.75) is 23.8 Å². The molecule has 0 fully saturated rings. The number of carbonyl (C=O) groups excluding carboxylic acids is 2. The number of fused-ring (bicyclic) bond motifs is 2. The van der Waals surface area contributed by atoms with Gasteiger partial charge in [-0.05, 0) is 60.9 Å². The number of sulfonamides is 1. The first-order valence-corrected chi connectivity index (χ1v) is 14.8. The van der Waals surface area contributed by atoms with Gasteiger partial charge in [0.2, 0.25) is 10.0 Å². The van der Waals surface area contributed by atoms with Crippen LogP contribution in [-0.2, 0) is 21.2 Å². The Morgan fingerprint density at radius 3 is 2.38 bits per heavy atom. The molecule has 0 saturated carbocycles. The minimum Gasteiger partial charge on any atom is -0.494 e. The molecule has 0 spiro atoms. The lowest BCUT2D eigenvalue weighted by Gasteiger charge is -2.16. The number of aromatic nitrogens is 1. The largest absolute Gasteiger partial charge is 0.494 e. The van der Waals surface area contributed by atoms with Gasteiger partial charge in [0, 0.05) is 6.54 Å². The molecule has 0 unspecified atom stereocenters. The number of nitrogens with zero attached hydrogens (tertiary/aromatic N) is 2. The van der Waals surface area contributed by atoms with Gasteiger partial charge < -0.3 is 9.84 Å². The van der Waals surface area contributed by atoms with Crippen LogP contribution in [0, 0.1) is 0 Å². The number of imide groups is 1. The third kappa shape index (κ3) is 5.85. The van der Waals surface area contributed by atoms with Crippen molar-refractivity contribution in [3.63, 3.8) is 0 Å². The lowest BCUT2D eigenvalue weighted by molar-refractivity contribution is -0.138. The molecular weight excluding hydrogens is 578 g/mol. The zero-order valence-corrected chi connectivity index (χ0v) is 23.1. The van der Waals surface area contributed by atoms with Crippen LogP contribution >= 0.6 is 22.9 Å². The van der Waals surface area contributed by atoms with Crippen molar-refractivity contribution in [1.29, 1.82) is 0 Å². The summed E-state index contributed by atoms with van der Waals surface area (Å²) in [5.74, 6) is -1.45. The number of carbonyl (C=O) groups is 3. The number of amides is 2. The van der Waals surface area contributed by atoms with Crippen LogP contribution in [0.2, 0.25) is 4.47 Å². The first-order valence-electron chi connectivity index (χ1n) is 12.1. The van der Waals surface area contributed by atoms with Crippen LogP contribution in [0.1, 0.15) is 32.7 Å². The van der Waals surface area contributed by atoms with Crippen LogP contribution in [0.3, 0.4) is 0 Å². The number of ether oxygens (including phenoxy) is 1. The molecule has 0 aliphatic carbocycles. The number of nitrogens with one attached hydrogen (secondary N) is 1. The Bertz CT molecular complexity index is 1690. The Kier molecular flexibility index (Phi) is 7.86. The van der Waals surface area contributed by atoms with Gasteiger partial charge in [-0.1, -0.05) is 35.9 Å². The number of carboxylic acids is 1. The van der Waals surface area contributed by atoms with E-state index in [1.165, 1.54) is 23.1 Å². The number of carboxylic acid groups (broad SMARTS) is 1. The van der Waals surface area contributed by atoms with Gasteiger partial charge >= 0.3 is 5.97 Å². The molecule has 2 N–H and O–H groups in total. The maximum Gasteiger partial charge on any atom is 0.322 e. The monoisotopic (exact) mass is 599 g/mol. The molecule has 2 heterocycles. The number of rotatable bonds is 11. The summed E-state index contributed by atoms with van der Waals surface area (Å²) in [5.41, 5.74) is 1.93. The number of hydrogen-bond acceptors (Lipinski definition) is 8. The van der Waals surface area contributed by atoms with Gasteiger partial charge in [-0.15, -0.1) is 11.3 Å². The fourth-order valence-corrected chi connectivity index (χ4v) is 6.65. The van der Waals surface area contributed by atoms with Crippen molar-refractivity contribution in [1.82, 2.24) is 14.6 Å². The second-order valence-electron chi connectivity index (χ2n) is 8.97. The van der Waals surface area contributed by atoms with Crippen molar-refractivity contribution in [2.24, 2.45) is 0 Å². The molecule has 1 aromatic heterocycles. The van der Waals surface area contributed by atoms with Crippen molar-refractivity contribution >= 4 is 61.0 Å². The third-order valence-corrected chi connectivity index (χ3v) is 8.87. The first kappa shape index (κ1) is 27.7. The zero-order valence-electron chi connectivity index (χ0n) is 20.7. The van der Waals surface area contributed by atoms with E-state index >= 15 is 0 Å². The quantitative estimate of drug-likeness (QED) is 0.195. The number of halogens is 1. The molecule has 3 aromatic carbocycles. The van der Waals surface area contributed by atoms with E-state index in [1.54, 1.807) is 48.5 Å². The van der Waals surface area contributed by atoms with E-state index in [2.05, 4.69) is 9.71 Å². The van der Waals surface area contributed by atoms with E-state index < -0.39 is 22.0 Å². The maximum absolute atomic E-state index is 12.9. The van der Waals surface area contributed by atoms with Gasteiger partial charge in [-0.3, -0.25) is 19.3 Å². The summed E-state index contributed by atoms with van der Waals surface area (Å²) in [4.78, 5) is 41.9. The van der Waals surface area contributed by atoms with E-state index in [0.717, 1.165) is 11.3 Å². The predicted octanol–water partition coefficient (Wildman–Crippen LogP) is 3.99. The summed E-state index contributed by atoms with van der Waals surface area (Å²) in [6.45, 7) is 0.466. The average Bonchev–Trinajstić information content (AvgIpc) is 3.42. The van der Waals surface area contributed by atoms with Gasteiger partial charge in [0.1, 0.15) is 11.8 Å². The Morgan fingerprint density at radius 1 is 1.05 bits per heavy atom. The first-order chi connectivity index (χ1) is 19.1. The van der Waals surface area contributed by atoms with Gasteiger partial charge in [-0.25, -0.2) is 13.4 Å². The molecule has 13 heteroatoms. The molecule has 40 heavy (non-hydrogen) atoms. The fourth-order valence-electron chi connectivity index (χ4n) is 4.29. The minimum atomic E-state index is -4.13. The lowest BCUT2D eigenvalue weighted by atomic mass is 10.1. The number of thiazole rings is 1. The Labute approximate surface area is 238 Å². The predicted molar refractivity (Wildman–Crippen MR) is 148 cm³/mol. The van der Waals surface area contributed by atoms with Crippen molar-refractivity contribution in [3.8, 4) is 5.75 Å². The minimum absolute atomic E-state index is 0.0866. The topological polar surface area (TPSA) is 143 Å². The smallest absolute Gasteiger partial charge is 0.322 e. The highest BCUT2D eigenvalue weighted by atomic mass is 35.5. The fraction of sp³-hybridized carbons (Fsp3) is 0.185. The van der Waals surface area contributed by atoms with E-state index in [0.29, 0.717) is 39.1 Å². The summed E-state index contributed by atoms with van der Waals surface area (Å²) in [5, 5.41) is 9.67. The van der Waals surface area contributed by atoms with Crippen LogP contribution in [0.25, 0.3) is 10.2 Å². The Morgan fingerprint density at radius 2 is 1.73 bits per heavy atom. The molecular formula is C27H22ClN3O7S2.